The van der Waals surface area contributed by atoms with E-state index in [1.807, 2.05) is 13.8 Å². The summed E-state index contributed by atoms with van der Waals surface area (Å²) in [5.41, 5.74) is -0.208. The van der Waals surface area contributed by atoms with Gasteiger partial charge in [0.05, 0.1) is 24.4 Å². The van der Waals surface area contributed by atoms with Crippen LogP contribution in [0.1, 0.15) is 67.7 Å². The Morgan fingerprint density at radius 2 is 1.42 bits per heavy atom. The van der Waals surface area contributed by atoms with Crippen LogP contribution in [0.4, 0.5) is 0 Å². The standard InChI is InChI=1S/C19H42N2O3/c1-8-17(22)11-20-15(4)10-19(6,7)24-13-14(3)16(5)21-12-18(23)9-2/h14-18,20-23H,8-13H2,1-7H3. The Labute approximate surface area is 149 Å². The largest absolute Gasteiger partial charge is 0.392 e. The van der Waals surface area contributed by atoms with Gasteiger partial charge in [-0.2, -0.15) is 0 Å². The molecule has 0 rings (SSSR count). The molecule has 0 amide bonds. The summed E-state index contributed by atoms with van der Waals surface area (Å²) >= 11 is 0. The van der Waals surface area contributed by atoms with Gasteiger partial charge in [0.15, 0.2) is 0 Å². The van der Waals surface area contributed by atoms with E-state index in [-0.39, 0.29) is 17.8 Å². The molecule has 0 aromatic heterocycles. The second-order valence-electron chi connectivity index (χ2n) is 7.88. The summed E-state index contributed by atoms with van der Waals surface area (Å²) in [5, 5.41) is 26.0. The highest BCUT2D eigenvalue weighted by atomic mass is 16.5. The predicted octanol–water partition coefficient (Wildman–Crippen LogP) is 2.31. The van der Waals surface area contributed by atoms with E-state index < -0.39 is 0 Å². The normalized spacial score (nSPS) is 18.9. The molecule has 0 aliphatic rings. The van der Waals surface area contributed by atoms with Crippen molar-refractivity contribution in [1.82, 2.24) is 10.6 Å². The van der Waals surface area contributed by atoms with Crippen molar-refractivity contribution in [3.05, 3.63) is 0 Å². The SMILES string of the molecule is CCC(O)CNC(C)CC(C)(C)OCC(C)C(C)NCC(O)CC. The maximum absolute atomic E-state index is 9.64. The fraction of sp³-hybridized carbons (Fsp3) is 1.00. The van der Waals surface area contributed by atoms with E-state index in [1.54, 1.807) is 0 Å². The summed E-state index contributed by atoms with van der Waals surface area (Å²) in [6.07, 6.45) is 1.89. The summed E-state index contributed by atoms with van der Waals surface area (Å²) in [6, 6.07) is 0.601. The summed E-state index contributed by atoms with van der Waals surface area (Å²) in [5.74, 6) is 0.374. The van der Waals surface area contributed by atoms with Crippen molar-refractivity contribution in [3.8, 4) is 0 Å². The average Bonchev–Trinajstić information content (AvgIpc) is 2.54. The number of nitrogens with one attached hydrogen (secondary N) is 2. The molecule has 0 aromatic rings. The fourth-order valence-corrected chi connectivity index (χ4v) is 2.52. The van der Waals surface area contributed by atoms with Crippen molar-refractivity contribution in [2.45, 2.75) is 97.6 Å². The maximum Gasteiger partial charge on any atom is 0.0662 e. The van der Waals surface area contributed by atoms with Gasteiger partial charge in [-0.3, -0.25) is 0 Å². The first kappa shape index (κ1) is 23.8. The molecule has 5 heteroatoms. The zero-order valence-corrected chi connectivity index (χ0v) is 16.9. The van der Waals surface area contributed by atoms with Crippen molar-refractivity contribution >= 4 is 0 Å². The van der Waals surface area contributed by atoms with E-state index in [0.717, 1.165) is 19.3 Å². The van der Waals surface area contributed by atoms with Crippen molar-refractivity contribution in [2.24, 2.45) is 5.92 Å². The molecule has 0 bridgehead atoms. The predicted molar refractivity (Wildman–Crippen MR) is 101 cm³/mol. The fourth-order valence-electron chi connectivity index (χ4n) is 2.52. The van der Waals surface area contributed by atoms with Gasteiger partial charge in [-0.1, -0.05) is 20.8 Å². The number of hydrogen-bond acceptors (Lipinski definition) is 5. The number of hydrogen-bond donors (Lipinski definition) is 4. The van der Waals surface area contributed by atoms with Crippen LogP contribution >= 0.6 is 0 Å². The lowest BCUT2D eigenvalue weighted by molar-refractivity contribution is -0.0476. The molecule has 0 heterocycles. The average molecular weight is 347 g/mol. The number of aliphatic hydroxyl groups is 2. The molecule has 5 nitrogen and oxygen atoms in total. The van der Waals surface area contributed by atoms with Crippen molar-refractivity contribution in [3.63, 3.8) is 0 Å². The van der Waals surface area contributed by atoms with Gasteiger partial charge < -0.3 is 25.6 Å². The summed E-state index contributed by atoms with van der Waals surface area (Å²) < 4.78 is 6.14. The Hall–Kier alpha value is -0.200. The third-order valence-corrected chi connectivity index (χ3v) is 4.71. The molecule has 0 radical (unpaired) electrons. The van der Waals surface area contributed by atoms with Crippen LogP contribution < -0.4 is 10.6 Å². The second kappa shape index (κ2) is 12.2. The minimum Gasteiger partial charge on any atom is -0.392 e. The Morgan fingerprint density at radius 3 is 1.92 bits per heavy atom. The van der Waals surface area contributed by atoms with E-state index in [4.69, 9.17) is 4.74 Å². The summed E-state index contributed by atoms with van der Waals surface area (Å²) in [4.78, 5) is 0. The Bertz CT molecular complexity index is 313. The zero-order chi connectivity index (χ0) is 18.8. The molecule has 0 spiro atoms. The molecule has 0 fully saturated rings. The molecular formula is C19H42N2O3. The van der Waals surface area contributed by atoms with E-state index in [9.17, 15) is 10.2 Å². The molecule has 0 saturated heterocycles. The molecule has 0 aliphatic heterocycles. The second-order valence-corrected chi connectivity index (χ2v) is 7.88. The molecule has 4 N–H and O–H groups in total. The lowest BCUT2D eigenvalue weighted by atomic mass is 9.98. The number of rotatable bonds is 14. The first-order chi connectivity index (χ1) is 11.1. The van der Waals surface area contributed by atoms with Gasteiger partial charge in [-0.25, -0.2) is 0 Å². The Balaban J connectivity index is 4.11. The molecule has 146 valence electrons. The van der Waals surface area contributed by atoms with E-state index in [2.05, 4.69) is 45.3 Å². The molecular weight excluding hydrogens is 304 g/mol. The third-order valence-electron chi connectivity index (χ3n) is 4.71. The van der Waals surface area contributed by atoms with Gasteiger partial charge in [-0.15, -0.1) is 0 Å². The highest BCUT2D eigenvalue weighted by molar-refractivity contribution is 4.78. The number of aliphatic hydroxyl groups excluding tert-OH is 2. The highest BCUT2D eigenvalue weighted by Crippen LogP contribution is 2.19. The van der Waals surface area contributed by atoms with Gasteiger partial charge in [0.1, 0.15) is 0 Å². The minimum atomic E-state index is -0.276. The number of ether oxygens (including phenoxy) is 1. The zero-order valence-electron chi connectivity index (χ0n) is 16.9. The van der Waals surface area contributed by atoms with Crippen LogP contribution in [0.5, 0.6) is 0 Å². The topological polar surface area (TPSA) is 73.8 Å². The van der Waals surface area contributed by atoms with Crippen LogP contribution in [0.2, 0.25) is 0 Å². The van der Waals surface area contributed by atoms with E-state index in [1.165, 1.54) is 0 Å². The van der Waals surface area contributed by atoms with Crippen LogP contribution in [0.25, 0.3) is 0 Å². The molecule has 5 atom stereocenters. The maximum atomic E-state index is 9.64. The van der Waals surface area contributed by atoms with Crippen LogP contribution in [0, 0.1) is 5.92 Å². The van der Waals surface area contributed by atoms with Crippen LogP contribution in [0.3, 0.4) is 0 Å². The third kappa shape index (κ3) is 11.4. The van der Waals surface area contributed by atoms with Crippen molar-refractivity contribution in [1.29, 1.82) is 0 Å². The lowest BCUT2D eigenvalue weighted by Crippen LogP contribution is -2.42. The van der Waals surface area contributed by atoms with Gasteiger partial charge in [0.2, 0.25) is 0 Å². The molecule has 0 aliphatic carbocycles. The monoisotopic (exact) mass is 346 g/mol. The lowest BCUT2D eigenvalue weighted by Gasteiger charge is -2.32. The molecule has 0 saturated carbocycles. The Morgan fingerprint density at radius 1 is 0.917 bits per heavy atom. The van der Waals surface area contributed by atoms with Crippen molar-refractivity contribution < 1.29 is 14.9 Å². The van der Waals surface area contributed by atoms with Gasteiger partial charge in [0, 0.05) is 25.2 Å². The summed E-state index contributed by atoms with van der Waals surface area (Å²) in [6.45, 7) is 16.6. The minimum absolute atomic E-state index is 0.208. The molecule has 24 heavy (non-hydrogen) atoms. The van der Waals surface area contributed by atoms with Gasteiger partial charge in [-0.05, 0) is 52.9 Å². The van der Waals surface area contributed by atoms with Crippen LogP contribution in [-0.4, -0.2) is 59.8 Å². The summed E-state index contributed by atoms with van der Waals surface area (Å²) in [7, 11) is 0. The quantitative estimate of drug-likeness (QED) is 0.388. The molecule has 0 aromatic carbocycles. The van der Waals surface area contributed by atoms with Crippen molar-refractivity contribution in [2.75, 3.05) is 19.7 Å². The van der Waals surface area contributed by atoms with E-state index >= 15 is 0 Å². The first-order valence-corrected chi connectivity index (χ1v) is 9.58. The van der Waals surface area contributed by atoms with Crippen LogP contribution in [-0.2, 0) is 4.74 Å². The molecule has 5 unspecified atom stereocenters. The van der Waals surface area contributed by atoms with Crippen LogP contribution in [0.15, 0.2) is 0 Å². The van der Waals surface area contributed by atoms with Gasteiger partial charge in [0.25, 0.3) is 0 Å². The highest BCUT2D eigenvalue weighted by Gasteiger charge is 2.24. The first-order valence-electron chi connectivity index (χ1n) is 9.58. The van der Waals surface area contributed by atoms with E-state index in [0.29, 0.717) is 37.7 Å². The van der Waals surface area contributed by atoms with Gasteiger partial charge >= 0.3 is 0 Å². The Kier molecular flexibility index (Phi) is 12.1. The smallest absolute Gasteiger partial charge is 0.0662 e.